The zero-order chi connectivity index (χ0) is 18.0. The second-order valence-corrected chi connectivity index (χ2v) is 7.03. The number of carbonyl (C=O) groups excluding carboxylic acids is 1. The quantitative estimate of drug-likeness (QED) is 0.885. The van der Waals surface area contributed by atoms with Crippen LogP contribution in [0.1, 0.15) is 48.0 Å². The summed E-state index contributed by atoms with van der Waals surface area (Å²) in [7, 11) is 0. The van der Waals surface area contributed by atoms with Gasteiger partial charge in [0.1, 0.15) is 0 Å². The van der Waals surface area contributed by atoms with Crippen LogP contribution in [0.4, 0.5) is 0 Å². The Morgan fingerprint density at radius 2 is 1.88 bits per heavy atom. The summed E-state index contributed by atoms with van der Waals surface area (Å²) in [6.07, 6.45) is 7.01. The van der Waals surface area contributed by atoms with E-state index >= 15 is 0 Å². The predicted octanol–water partition coefficient (Wildman–Crippen LogP) is 2.74. The monoisotopic (exact) mass is 354 g/mol. The maximum Gasteiger partial charge on any atom is 0.252 e. The number of rotatable bonds is 4. The Kier molecular flexibility index (Phi) is 4.41. The molecule has 26 heavy (non-hydrogen) atoms. The van der Waals surface area contributed by atoms with Crippen LogP contribution in [0.5, 0.6) is 11.5 Å². The topological polar surface area (TPSA) is 80.4 Å². The third kappa shape index (κ3) is 3.19. The number of aromatic nitrogens is 1. The molecule has 2 aliphatic rings. The van der Waals surface area contributed by atoms with Gasteiger partial charge in [-0.15, -0.1) is 0 Å². The van der Waals surface area contributed by atoms with Gasteiger partial charge in [0.05, 0.1) is 5.56 Å². The lowest BCUT2D eigenvalue weighted by Crippen LogP contribution is -2.42. The van der Waals surface area contributed by atoms with E-state index in [1.165, 1.54) is 24.2 Å². The third-order valence-corrected chi connectivity index (χ3v) is 5.43. The lowest BCUT2D eigenvalue weighted by molar-refractivity contribution is 0.0936. The van der Waals surface area contributed by atoms with E-state index < -0.39 is 0 Å². The molecule has 1 aromatic carbocycles. The van der Waals surface area contributed by atoms with Crippen LogP contribution < -0.4 is 20.3 Å². The van der Waals surface area contributed by atoms with Gasteiger partial charge in [-0.1, -0.05) is 25.3 Å². The summed E-state index contributed by atoms with van der Waals surface area (Å²) in [4.78, 5) is 26.2. The molecule has 1 aliphatic heterocycles. The summed E-state index contributed by atoms with van der Waals surface area (Å²) in [5, 5.41) is 3.06. The number of nitrogens with one attached hydrogen (secondary N) is 2. The summed E-state index contributed by atoms with van der Waals surface area (Å²) in [6, 6.07) is 9.01. The van der Waals surface area contributed by atoms with Crippen LogP contribution in [-0.2, 0) is 5.41 Å². The standard InChI is InChI=1S/C20H22N2O4/c23-18-7-4-14(11-21-18)19(24)22-12-20(8-2-1-3-9-20)15-5-6-16-17(10-15)26-13-25-16/h4-7,10-11H,1-3,8-9,12-13H2,(H,21,23)(H,22,24). The van der Waals surface area contributed by atoms with Gasteiger partial charge in [0.25, 0.3) is 5.91 Å². The Morgan fingerprint density at radius 1 is 1.08 bits per heavy atom. The van der Waals surface area contributed by atoms with E-state index in [1.54, 1.807) is 6.07 Å². The van der Waals surface area contributed by atoms with Crippen LogP contribution in [0, 0.1) is 0 Å². The zero-order valence-corrected chi connectivity index (χ0v) is 14.5. The molecule has 4 rings (SSSR count). The molecule has 1 fully saturated rings. The molecule has 6 nitrogen and oxygen atoms in total. The van der Waals surface area contributed by atoms with E-state index in [0.29, 0.717) is 12.1 Å². The van der Waals surface area contributed by atoms with E-state index in [9.17, 15) is 9.59 Å². The summed E-state index contributed by atoms with van der Waals surface area (Å²) in [5.74, 6) is 1.38. The molecule has 2 N–H and O–H groups in total. The van der Waals surface area contributed by atoms with Crippen molar-refractivity contribution in [1.29, 1.82) is 0 Å². The largest absolute Gasteiger partial charge is 0.454 e. The van der Waals surface area contributed by atoms with Gasteiger partial charge >= 0.3 is 0 Å². The molecule has 0 saturated heterocycles. The van der Waals surface area contributed by atoms with Crippen LogP contribution in [0.3, 0.4) is 0 Å². The van der Waals surface area contributed by atoms with E-state index in [0.717, 1.165) is 37.2 Å². The van der Waals surface area contributed by atoms with Gasteiger partial charge < -0.3 is 19.8 Å². The lowest BCUT2D eigenvalue weighted by Gasteiger charge is -2.38. The summed E-state index contributed by atoms with van der Waals surface area (Å²) in [6.45, 7) is 0.819. The first-order valence-corrected chi connectivity index (χ1v) is 9.03. The fraction of sp³-hybridized carbons (Fsp3) is 0.400. The Bertz CT molecular complexity index is 848. The number of benzene rings is 1. The summed E-state index contributed by atoms with van der Waals surface area (Å²) in [5.41, 5.74) is 1.33. The number of amides is 1. The molecule has 136 valence electrons. The molecule has 0 radical (unpaired) electrons. The molecular formula is C20H22N2O4. The molecule has 1 amide bonds. The van der Waals surface area contributed by atoms with Gasteiger partial charge in [0, 0.05) is 24.2 Å². The fourth-order valence-electron chi connectivity index (χ4n) is 3.93. The van der Waals surface area contributed by atoms with Crippen molar-refractivity contribution in [3.8, 4) is 11.5 Å². The second-order valence-electron chi connectivity index (χ2n) is 7.03. The smallest absolute Gasteiger partial charge is 0.252 e. The van der Waals surface area contributed by atoms with Gasteiger partial charge in [-0.05, 0) is 36.6 Å². The minimum absolute atomic E-state index is 0.100. The molecule has 1 saturated carbocycles. The van der Waals surface area contributed by atoms with Gasteiger partial charge in [0.2, 0.25) is 12.4 Å². The van der Waals surface area contributed by atoms with Gasteiger partial charge in [-0.3, -0.25) is 9.59 Å². The van der Waals surface area contributed by atoms with Crippen molar-refractivity contribution in [3.63, 3.8) is 0 Å². The van der Waals surface area contributed by atoms with Crippen molar-refractivity contribution in [2.24, 2.45) is 0 Å². The molecule has 1 aliphatic carbocycles. The van der Waals surface area contributed by atoms with E-state index in [4.69, 9.17) is 9.47 Å². The first-order chi connectivity index (χ1) is 12.7. The van der Waals surface area contributed by atoms with Crippen LogP contribution >= 0.6 is 0 Å². The number of fused-ring (bicyclic) bond motifs is 1. The van der Waals surface area contributed by atoms with Crippen molar-refractivity contribution in [2.45, 2.75) is 37.5 Å². The Labute approximate surface area is 151 Å². The molecular weight excluding hydrogens is 332 g/mol. The molecule has 0 atom stereocenters. The average Bonchev–Trinajstić information content (AvgIpc) is 3.15. The summed E-state index contributed by atoms with van der Waals surface area (Å²) < 4.78 is 11.0. The number of pyridine rings is 1. The SMILES string of the molecule is O=C(NCC1(c2ccc3c(c2)OCO3)CCCCC1)c1ccc(=O)[nH]c1. The zero-order valence-electron chi connectivity index (χ0n) is 14.5. The highest BCUT2D eigenvalue weighted by molar-refractivity contribution is 5.93. The molecule has 6 heteroatoms. The number of hydrogen-bond donors (Lipinski definition) is 2. The van der Waals surface area contributed by atoms with Crippen molar-refractivity contribution in [3.05, 3.63) is 58.0 Å². The Morgan fingerprint density at radius 3 is 2.65 bits per heavy atom. The normalized spacial score (nSPS) is 17.7. The van der Waals surface area contributed by atoms with Crippen LogP contribution in [0.25, 0.3) is 0 Å². The predicted molar refractivity (Wildman–Crippen MR) is 96.7 cm³/mol. The third-order valence-electron chi connectivity index (χ3n) is 5.43. The fourth-order valence-corrected chi connectivity index (χ4v) is 3.93. The van der Waals surface area contributed by atoms with Crippen LogP contribution in [-0.4, -0.2) is 24.2 Å². The van der Waals surface area contributed by atoms with Crippen molar-refractivity contribution in [1.82, 2.24) is 10.3 Å². The van der Waals surface area contributed by atoms with Crippen LogP contribution in [0.2, 0.25) is 0 Å². The van der Waals surface area contributed by atoms with Gasteiger partial charge in [0.15, 0.2) is 11.5 Å². The maximum absolute atomic E-state index is 12.5. The van der Waals surface area contributed by atoms with Crippen molar-refractivity contribution < 1.29 is 14.3 Å². The van der Waals surface area contributed by atoms with Gasteiger partial charge in [-0.2, -0.15) is 0 Å². The Hall–Kier alpha value is -2.76. The molecule has 2 heterocycles. The van der Waals surface area contributed by atoms with E-state index in [1.807, 2.05) is 6.07 Å². The van der Waals surface area contributed by atoms with E-state index in [2.05, 4.69) is 22.4 Å². The van der Waals surface area contributed by atoms with Crippen molar-refractivity contribution in [2.75, 3.05) is 13.3 Å². The lowest BCUT2D eigenvalue weighted by atomic mass is 9.69. The number of H-pyrrole nitrogens is 1. The highest BCUT2D eigenvalue weighted by Gasteiger charge is 2.35. The van der Waals surface area contributed by atoms with Crippen molar-refractivity contribution >= 4 is 5.91 Å². The first-order valence-electron chi connectivity index (χ1n) is 9.03. The highest BCUT2D eigenvalue weighted by atomic mass is 16.7. The molecule has 1 aromatic heterocycles. The molecule has 0 bridgehead atoms. The number of carbonyl (C=O) groups is 1. The molecule has 0 spiro atoms. The average molecular weight is 354 g/mol. The number of aromatic amines is 1. The number of ether oxygens (including phenoxy) is 2. The minimum Gasteiger partial charge on any atom is -0.454 e. The Balaban J connectivity index is 1.55. The molecule has 2 aromatic rings. The van der Waals surface area contributed by atoms with Gasteiger partial charge in [-0.25, -0.2) is 0 Å². The summed E-state index contributed by atoms with van der Waals surface area (Å²) >= 11 is 0. The van der Waals surface area contributed by atoms with E-state index in [-0.39, 0.29) is 23.7 Å². The maximum atomic E-state index is 12.5. The minimum atomic E-state index is -0.217. The molecule has 0 unspecified atom stereocenters. The second kappa shape index (κ2) is 6.86. The highest BCUT2D eigenvalue weighted by Crippen LogP contribution is 2.43. The van der Waals surface area contributed by atoms with Crippen LogP contribution in [0.15, 0.2) is 41.3 Å². The first kappa shape index (κ1) is 16.7. The number of hydrogen-bond acceptors (Lipinski definition) is 4.